The highest BCUT2D eigenvalue weighted by atomic mass is 35.5. The van der Waals surface area contributed by atoms with E-state index >= 15 is 0 Å². The number of aryl methyl sites for hydroxylation is 3. The summed E-state index contributed by atoms with van der Waals surface area (Å²) in [5.41, 5.74) is 5.44. The number of pyridine rings is 1. The second-order valence-corrected chi connectivity index (χ2v) is 12.3. The average Bonchev–Trinajstić information content (AvgIpc) is 3.44. The average molecular weight is 615 g/mol. The molecule has 0 saturated carbocycles. The molecule has 2 unspecified atom stereocenters. The maximum atomic E-state index is 14.6. The van der Waals surface area contributed by atoms with E-state index in [0.29, 0.717) is 41.3 Å². The van der Waals surface area contributed by atoms with E-state index in [9.17, 15) is 14.9 Å². The zero-order valence-corrected chi connectivity index (χ0v) is 27.0. The monoisotopic (exact) mass is 614 g/mol. The van der Waals surface area contributed by atoms with Crippen LogP contribution in [0.15, 0.2) is 61.2 Å². The number of amides is 2. The number of cyclic esters (lactones) is 1. The van der Waals surface area contributed by atoms with Gasteiger partial charge >= 0.3 is 6.09 Å². The first kappa shape index (κ1) is 32.7. The van der Waals surface area contributed by atoms with Crippen LogP contribution in [-0.4, -0.2) is 44.7 Å². The Balaban J connectivity index is 2.02. The quantitative estimate of drug-likeness (QED) is 0.214. The zero-order chi connectivity index (χ0) is 32.3. The summed E-state index contributed by atoms with van der Waals surface area (Å²) in [6, 6.07) is 9.08. The Morgan fingerprint density at radius 3 is 2.52 bits per heavy atom. The van der Waals surface area contributed by atoms with Crippen molar-refractivity contribution in [3.05, 3.63) is 88.8 Å². The summed E-state index contributed by atoms with van der Waals surface area (Å²) in [6.45, 7) is 19.6. The van der Waals surface area contributed by atoms with E-state index in [-0.39, 0.29) is 6.61 Å². The molecule has 3 heterocycles. The Morgan fingerprint density at radius 1 is 1.25 bits per heavy atom. The minimum absolute atomic E-state index is 0.0511. The number of aromatic nitrogens is 2. The van der Waals surface area contributed by atoms with E-state index in [1.54, 1.807) is 30.4 Å². The third kappa shape index (κ3) is 6.50. The molecule has 1 aromatic carbocycles. The van der Waals surface area contributed by atoms with Gasteiger partial charge in [-0.05, 0) is 76.8 Å². The van der Waals surface area contributed by atoms with Crippen LogP contribution in [-0.2, 0) is 20.8 Å². The van der Waals surface area contributed by atoms with E-state index in [0.717, 1.165) is 33.3 Å². The molecule has 230 valence electrons. The number of carbonyl (C=O) groups is 2. The van der Waals surface area contributed by atoms with Gasteiger partial charge in [0.15, 0.2) is 6.10 Å². The van der Waals surface area contributed by atoms with Gasteiger partial charge in [0.1, 0.15) is 12.3 Å². The number of fused-ring (bicyclic) bond motifs is 1. The molecule has 2 atom stereocenters. The van der Waals surface area contributed by atoms with Crippen molar-refractivity contribution in [2.24, 2.45) is 0 Å². The van der Waals surface area contributed by atoms with Crippen molar-refractivity contribution in [1.29, 1.82) is 5.26 Å². The molecular weight excluding hydrogens is 576 g/mol. The second-order valence-electron chi connectivity index (χ2n) is 11.9. The predicted octanol–water partition coefficient (Wildman–Crippen LogP) is 8.09. The van der Waals surface area contributed by atoms with Gasteiger partial charge in [0.25, 0.3) is 5.91 Å². The molecule has 1 aliphatic rings. The van der Waals surface area contributed by atoms with Gasteiger partial charge in [-0.1, -0.05) is 55.1 Å². The Labute approximate surface area is 264 Å². The zero-order valence-electron chi connectivity index (χ0n) is 26.2. The molecule has 1 saturated heterocycles. The third-order valence-corrected chi connectivity index (χ3v) is 8.04. The maximum absolute atomic E-state index is 14.6. The summed E-state index contributed by atoms with van der Waals surface area (Å²) in [7, 11) is 0. The van der Waals surface area contributed by atoms with Crippen LogP contribution in [0, 0.1) is 32.1 Å². The molecule has 1 fully saturated rings. The van der Waals surface area contributed by atoms with Crippen molar-refractivity contribution in [3.63, 3.8) is 0 Å². The minimum Gasteiger partial charge on any atom is -0.447 e. The standard InChI is InChI=1S/C35H39ClN4O4/c1-9-12-24(10-2)19-27-20-43-34(42)40(27)33(41)31(44-35(6,7)8)29-22(4)38-32-28(21(3)23(5)39(32)18-11-17-37)30(29)25-13-15-26(36)16-14-25/h9-10,12-16,27,31H,1-2,11,18-20H2,3-8H3/b24-12+. The SMILES string of the molecule is C=C/C=C(\C=C)CC1COC(=O)N1C(=O)C(OC(C)(C)C)c1c(C)nc2c(c(C)c(C)n2CCC#N)c1-c1ccc(Cl)cc1. The number of benzene rings is 1. The highest BCUT2D eigenvalue weighted by Gasteiger charge is 2.44. The second kappa shape index (κ2) is 13.2. The first-order valence-corrected chi connectivity index (χ1v) is 14.9. The molecule has 0 radical (unpaired) electrons. The third-order valence-electron chi connectivity index (χ3n) is 7.79. The smallest absolute Gasteiger partial charge is 0.417 e. The van der Waals surface area contributed by atoms with Gasteiger partial charge in [-0.25, -0.2) is 14.7 Å². The van der Waals surface area contributed by atoms with Gasteiger partial charge in [0.2, 0.25) is 0 Å². The van der Waals surface area contributed by atoms with Gasteiger partial charge in [-0.15, -0.1) is 0 Å². The van der Waals surface area contributed by atoms with Crippen LogP contribution < -0.4 is 0 Å². The highest BCUT2D eigenvalue weighted by molar-refractivity contribution is 6.30. The molecule has 9 heteroatoms. The highest BCUT2D eigenvalue weighted by Crippen LogP contribution is 2.43. The first-order valence-electron chi connectivity index (χ1n) is 14.6. The lowest BCUT2D eigenvalue weighted by Crippen LogP contribution is -2.44. The minimum atomic E-state index is -1.19. The molecular formula is C35H39ClN4O4. The normalized spacial score (nSPS) is 16.1. The van der Waals surface area contributed by atoms with Crippen LogP contribution in [0.4, 0.5) is 4.79 Å². The molecule has 1 aliphatic heterocycles. The molecule has 0 spiro atoms. The molecule has 44 heavy (non-hydrogen) atoms. The van der Waals surface area contributed by atoms with E-state index in [4.69, 9.17) is 26.1 Å². The van der Waals surface area contributed by atoms with Crippen molar-refractivity contribution in [2.45, 2.75) is 78.7 Å². The summed E-state index contributed by atoms with van der Waals surface area (Å²) in [4.78, 5) is 34.0. The lowest BCUT2D eigenvalue weighted by atomic mass is 9.90. The largest absolute Gasteiger partial charge is 0.447 e. The van der Waals surface area contributed by atoms with Gasteiger partial charge < -0.3 is 14.0 Å². The molecule has 3 aromatic rings. The first-order chi connectivity index (χ1) is 20.8. The number of carbonyl (C=O) groups excluding carboxylic acids is 2. The molecule has 0 N–H and O–H groups in total. The Bertz CT molecular complexity index is 1690. The van der Waals surface area contributed by atoms with E-state index < -0.39 is 29.7 Å². The van der Waals surface area contributed by atoms with Crippen LogP contribution in [0.5, 0.6) is 0 Å². The molecule has 0 aliphatic carbocycles. The number of halogens is 1. The number of nitriles is 1. The molecule has 8 nitrogen and oxygen atoms in total. The summed E-state index contributed by atoms with van der Waals surface area (Å²) >= 11 is 6.30. The van der Waals surface area contributed by atoms with Crippen LogP contribution in [0.25, 0.3) is 22.2 Å². The number of allylic oxidation sites excluding steroid dienone is 3. The van der Waals surface area contributed by atoms with Crippen LogP contribution >= 0.6 is 11.6 Å². The molecule has 4 rings (SSSR count). The number of nitrogens with zero attached hydrogens (tertiary/aromatic N) is 4. The lowest BCUT2D eigenvalue weighted by Gasteiger charge is -2.32. The van der Waals surface area contributed by atoms with E-state index in [1.165, 1.54) is 4.90 Å². The van der Waals surface area contributed by atoms with Gasteiger partial charge in [0, 0.05) is 39.5 Å². The summed E-state index contributed by atoms with van der Waals surface area (Å²) < 4.78 is 14.0. The Morgan fingerprint density at radius 2 is 1.93 bits per heavy atom. The summed E-state index contributed by atoms with van der Waals surface area (Å²) in [6.07, 6.45) is 3.88. The number of ether oxygens (including phenoxy) is 2. The van der Waals surface area contributed by atoms with Crippen LogP contribution in [0.3, 0.4) is 0 Å². The number of imide groups is 1. The lowest BCUT2D eigenvalue weighted by molar-refractivity contribution is -0.152. The summed E-state index contributed by atoms with van der Waals surface area (Å²) in [5, 5.41) is 10.8. The Kier molecular flexibility index (Phi) is 9.82. The number of hydrogen-bond donors (Lipinski definition) is 0. The van der Waals surface area contributed by atoms with E-state index in [1.807, 2.05) is 58.2 Å². The van der Waals surface area contributed by atoms with Crippen LogP contribution in [0.2, 0.25) is 5.02 Å². The Hall–Kier alpha value is -4.19. The molecule has 2 amide bonds. The topological polar surface area (TPSA) is 97.4 Å². The van der Waals surface area contributed by atoms with Crippen molar-refractivity contribution < 1.29 is 19.1 Å². The molecule has 0 bridgehead atoms. The van der Waals surface area contributed by atoms with E-state index in [2.05, 4.69) is 19.2 Å². The van der Waals surface area contributed by atoms with Crippen molar-refractivity contribution in [3.8, 4) is 17.2 Å². The number of hydrogen-bond acceptors (Lipinski definition) is 6. The summed E-state index contributed by atoms with van der Waals surface area (Å²) in [5.74, 6) is -0.535. The van der Waals surface area contributed by atoms with Crippen molar-refractivity contribution >= 4 is 34.6 Å². The fourth-order valence-electron chi connectivity index (χ4n) is 5.70. The number of rotatable bonds is 10. The van der Waals surface area contributed by atoms with Gasteiger partial charge in [-0.2, -0.15) is 5.26 Å². The van der Waals surface area contributed by atoms with Crippen molar-refractivity contribution in [1.82, 2.24) is 14.5 Å². The molecule has 2 aromatic heterocycles. The van der Waals surface area contributed by atoms with Gasteiger partial charge in [0.05, 0.1) is 24.1 Å². The van der Waals surface area contributed by atoms with Gasteiger partial charge in [-0.3, -0.25) is 4.79 Å². The fraction of sp³-hybridized carbons (Fsp3) is 0.371. The predicted molar refractivity (Wildman–Crippen MR) is 173 cm³/mol. The van der Waals surface area contributed by atoms with Crippen molar-refractivity contribution in [2.75, 3.05) is 6.61 Å². The maximum Gasteiger partial charge on any atom is 0.417 e. The van der Waals surface area contributed by atoms with Crippen LogP contribution in [0.1, 0.15) is 62.2 Å². The fourth-order valence-corrected chi connectivity index (χ4v) is 5.83.